The summed E-state index contributed by atoms with van der Waals surface area (Å²) in [6.07, 6.45) is 0.620. The second-order valence-corrected chi connectivity index (χ2v) is 4.27. The van der Waals surface area contributed by atoms with Crippen LogP contribution in [0.5, 0.6) is 0 Å². The molecule has 0 N–H and O–H groups in total. The van der Waals surface area contributed by atoms with Crippen LogP contribution in [0.25, 0.3) is 0 Å². The molecule has 86 valence electrons. The molecule has 0 spiro atoms. The lowest BCUT2D eigenvalue weighted by molar-refractivity contribution is 0.0531. The van der Waals surface area contributed by atoms with E-state index in [-0.39, 0.29) is 5.97 Å². The highest BCUT2D eigenvalue weighted by molar-refractivity contribution is 7.14. The van der Waals surface area contributed by atoms with E-state index >= 15 is 0 Å². The number of aryl methyl sites for hydroxylation is 1. The van der Waals surface area contributed by atoms with E-state index in [9.17, 15) is 4.79 Å². The predicted octanol–water partition coefficient (Wildman–Crippen LogP) is 2.61. The molecule has 0 atom stereocenters. The van der Waals surface area contributed by atoms with Crippen molar-refractivity contribution in [1.82, 2.24) is 4.98 Å². The van der Waals surface area contributed by atoms with Gasteiger partial charge in [0.05, 0.1) is 12.3 Å². The molecule has 16 heavy (non-hydrogen) atoms. The fraction of sp³-hybridized carbons (Fsp3) is 0.455. The molecule has 1 aromatic heterocycles. The number of hydrogen-bond acceptors (Lipinski definition) is 4. The number of carbonyl (C=O) groups excluding carboxylic acids is 1. The smallest absolute Gasteiger partial charge is 0.350 e. The third-order valence-electron chi connectivity index (χ3n) is 1.67. The maximum absolute atomic E-state index is 11.5. The van der Waals surface area contributed by atoms with Gasteiger partial charge in [0.2, 0.25) is 0 Å². The number of hydrogen-bond donors (Lipinski definition) is 0. The Balaban J connectivity index is 2.82. The van der Waals surface area contributed by atoms with Gasteiger partial charge in [-0.25, -0.2) is 9.78 Å². The van der Waals surface area contributed by atoms with Gasteiger partial charge in [-0.15, -0.1) is 11.6 Å². The quantitative estimate of drug-likeness (QED) is 0.475. The van der Waals surface area contributed by atoms with Gasteiger partial charge in [0.25, 0.3) is 0 Å². The topological polar surface area (TPSA) is 39.2 Å². The first kappa shape index (κ1) is 13.0. The van der Waals surface area contributed by atoms with E-state index in [4.69, 9.17) is 16.3 Å². The number of nitrogens with zero attached hydrogens (tertiary/aromatic N) is 1. The molecule has 0 amide bonds. The zero-order valence-corrected chi connectivity index (χ0v) is 10.7. The van der Waals surface area contributed by atoms with Crippen molar-refractivity contribution in [2.75, 3.05) is 12.5 Å². The van der Waals surface area contributed by atoms with Crippen LogP contribution in [0.1, 0.15) is 33.7 Å². The van der Waals surface area contributed by atoms with Crippen LogP contribution in [0.2, 0.25) is 0 Å². The molecule has 5 heteroatoms. The van der Waals surface area contributed by atoms with Crippen molar-refractivity contribution in [3.8, 4) is 11.8 Å². The molecular formula is C11H12ClNO2S. The molecule has 0 aliphatic rings. The van der Waals surface area contributed by atoms with E-state index in [1.165, 1.54) is 11.3 Å². The van der Waals surface area contributed by atoms with Crippen LogP contribution in [0.15, 0.2) is 0 Å². The number of alkyl halides is 1. The monoisotopic (exact) mass is 257 g/mol. The molecule has 0 bridgehead atoms. The number of rotatable bonds is 3. The molecule has 0 aliphatic heterocycles. The Kier molecular flexibility index (Phi) is 5.30. The number of ether oxygens (including phenoxy) is 1. The van der Waals surface area contributed by atoms with Gasteiger partial charge in [-0.05, 0) is 19.8 Å². The average Bonchev–Trinajstić information content (AvgIpc) is 2.61. The Labute approximate surface area is 104 Å². The number of carbonyl (C=O) groups is 1. The van der Waals surface area contributed by atoms with Crippen molar-refractivity contribution in [2.45, 2.75) is 20.3 Å². The van der Waals surface area contributed by atoms with Crippen LogP contribution in [0, 0.1) is 18.8 Å². The van der Waals surface area contributed by atoms with Crippen molar-refractivity contribution >= 4 is 28.9 Å². The highest BCUT2D eigenvalue weighted by Gasteiger charge is 2.15. The Hall–Kier alpha value is -1.05. The summed E-state index contributed by atoms with van der Waals surface area (Å²) in [7, 11) is 0. The van der Waals surface area contributed by atoms with Crippen LogP contribution in [-0.4, -0.2) is 23.4 Å². The highest BCUT2D eigenvalue weighted by Crippen LogP contribution is 2.18. The first-order chi connectivity index (χ1) is 7.69. The minimum Gasteiger partial charge on any atom is -0.462 e. The number of esters is 1. The molecule has 0 saturated carbocycles. The third kappa shape index (κ3) is 3.51. The summed E-state index contributed by atoms with van der Waals surface area (Å²) >= 11 is 6.76. The summed E-state index contributed by atoms with van der Waals surface area (Å²) in [4.78, 5) is 16.2. The van der Waals surface area contributed by atoms with Gasteiger partial charge in [0.15, 0.2) is 5.01 Å². The molecule has 0 aromatic carbocycles. The normalized spacial score (nSPS) is 9.44. The van der Waals surface area contributed by atoms with Gasteiger partial charge >= 0.3 is 5.97 Å². The minimum absolute atomic E-state index is 0.331. The summed E-state index contributed by atoms with van der Waals surface area (Å²) in [6.45, 7) is 3.91. The molecule has 1 aromatic rings. The van der Waals surface area contributed by atoms with E-state index in [0.29, 0.717) is 34.5 Å². The number of aromatic nitrogens is 1. The Morgan fingerprint density at radius 2 is 2.38 bits per heavy atom. The largest absolute Gasteiger partial charge is 0.462 e. The van der Waals surface area contributed by atoms with Gasteiger partial charge in [0.1, 0.15) is 4.88 Å². The average molecular weight is 258 g/mol. The van der Waals surface area contributed by atoms with Gasteiger partial charge in [-0.1, -0.05) is 17.3 Å². The van der Waals surface area contributed by atoms with Crippen LogP contribution >= 0.6 is 22.9 Å². The number of thiazole rings is 1. The molecule has 1 rings (SSSR count). The van der Waals surface area contributed by atoms with Gasteiger partial charge in [0, 0.05) is 12.3 Å². The fourth-order valence-corrected chi connectivity index (χ4v) is 1.95. The van der Waals surface area contributed by atoms with Crippen molar-refractivity contribution < 1.29 is 9.53 Å². The minimum atomic E-state index is -0.331. The van der Waals surface area contributed by atoms with Crippen LogP contribution in [0.4, 0.5) is 0 Å². The van der Waals surface area contributed by atoms with Crippen LogP contribution < -0.4 is 0 Å². The van der Waals surface area contributed by atoms with E-state index < -0.39 is 0 Å². The second-order valence-electron chi connectivity index (χ2n) is 2.89. The maximum atomic E-state index is 11.5. The molecule has 0 fully saturated rings. The molecule has 0 unspecified atom stereocenters. The lowest BCUT2D eigenvalue weighted by Crippen LogP contribution is -2.03. The zero-order valence-electron chi connectivity index (χ0n) is 9.17. The van der Waals surface area contributed by atoms with Gasteiger partial charge in [-0.3, -0.25) is 0 Å². The highest BCUT2D eigenvalue weighted by atomic mass is 35.5. The third-order valence-corrected chi connectivity index (χ3v) is 2.91. The Bertz CT molecular complexity index is 431. The Morgan fingerprint density at radius 3 is 3.00 bits per heavy atom. The maximum Gasteiger partial charge on any atom is 0.350 e. The second kappa shape index (κ2) is 6.51. The summed E-state index contributed by atoms with van der Waals surface area (Å²) in [5, 5.41) is 0.630. The van der Waals surface area contributed by atoms with Gasteiger partial charge < -0.3 is 4.74 Å². The van der Waals surface area contributed by atoms with Crippen molar-refractivity contribution in [3.63, 3.8) is 0 Å². The fourth-order valence-electron chi connectivity index (χ4n) is 1.02. The summed E-state index contributed by atoms with van der Waals surface area (Å²) < 4.78 is 4.91. The summed E-state index contributed by atoms with van der Waals surface area (Å²) in [5.41, 5.74) is 0.665. The molecule has 0 radical (unpaired) electrons. The SMILES string of the molecule is CCOC(=O)c1sc(C#CCCCl)nc1C. The van der Waals surface area contributed by atoms with E-state index in [1.54, 1.807) is 13.8 Å². The summed E-state index contributed by atoms with van der Waals surface area (Å²) in [6, 6.07) is 0. The van der Waals surface area contributed by atoms with Crippen LogP contribution in [-0.2, 0) is 4.74 Å². The van der Waals surface area contributed by atoms with E-state index in [2.05, 4.69) is 16.8 Å². The first-order valence-corrected chi connectivity index (χ1v) is 6.23. The molecule has 0 aliphatic carbocycles. The van der Waals surface area contributed by atoms with Crippen LogP contribution in [0.3, 0.4) is 0 Å². The van der Waals surface area contributed by atoms with Gasteiger partial charge in [-0.2, -0.15) is 0 Å². The van der Waals surface area contributed by atoms with Crippen molar-refractivity contribution in [2.24, 2.45) is 0 Å². The molecule has 0 saturated heterocycles. The predicted molar refractivity (Wildman–Crippen MR) is 65.0 cm³/mol. The lowest BCUT2D eigenvalue weighted by atomic mass is 10.4. The van der Waals surface area contributed by atoms with Crippen molar-refractivity contribution in [3.05, 3.63) is 15.6 Å². The Morgan fingerprint density at radius 1 is 1.62 bits per heavy atom. The van der Waals surface area contributed by atoms with E-state index in [0.717, 1.165) is 0 Å². The lowest BCUT2D eigenvalue weighted by Gasteiger charge is -1.97. The standard InChI is InChI=1S/C11H12ClNO2S/c1-3-15-11(14)10-8(2)13-9(16-10)6-4-5-7-12/h3,5,7H2,1-2H3. The molecule has 1 heterocycles. The zero-order chi connectivity index (χ0) is 12.0. The first-order valence-electron chi connectivity index (χ1n) is 4.88. The van der Waals surface area contributed by atoms with E-state index in [1.807, 2.05) is 0 Å². The van der Waals surface area contributed by atoms with Crippen molar-refractivity contribution in [1.29, 1.82) is 0 Å². The molecular weight excluding hydrogens is 246 g/mol. The number of halogens is 1. The summed E-state index contributed by atoms with van der Waals surface area (Å²) in [5.74, 6) is 5.92. The molecule has 3 nitrogen and oxygen atoms in total.